The number of H-pyrrole nitrogens is 1. The number of carboxylic acid groups (broad SMARTS) is 1. The van der Waals surface area contributed by atoms with Gasteiger partial charge in [0, 0.05) is 11.3 Å². The van der Waals surface area contributed by atoms with Crippen molar-refractivity contribution in [3.63, 3.8) is 0 Å². The Morgan fingerprint density at radius 2 is 2.11 bits per heavy atom. The summed E-state index contributed by atoms with van der Waals surface area (Å²) in [5.41, 5.74) is 2.44. The highest BCUT2D eigenvalue weighted by Gasteiger charge is 2.20. The molecule has 1 atom stereocenters. The summed E-state index contributed by atoms with van der Waals surface area (Å²) >= 11 is 0. The molecule has 0 aliphatic carbocycles. The number of nitrogens with zero attached hydrogens (tertiary/aromatic N) is 1. The highest BCUT2D eigenvalue weighted by Crippen LogP contribution is 2.10. The van der Waals surface area contributed by atoms with E-state index in [1.807, 2.05) is 20.8 Å². The molecule has 0 saturated heterocycles. The summed E-state index contributed by atoms with van der Waals surface area (Å²) in [6, 6.07) is -0.806. The number of rotatable bonds is 7. The van der Waals surface area contributed by atoms with Crippen LogP contribution in [0.2, 0.25) is 0 Å². The molecule has 1 heterocycles. The molecule has 0 bridgehead atoms. The van der Waals surface area contributed by atoms with Gasteiger partial charge in [-0.05, 0) is 20.3 Å². The molecule has 1 aromatic heterocycles. The highest BCUT2D eigenvalue weighted by molar-refractivity contribution is 5.85. The Hall–Kier alpha value is -1.85. The van der Waals surface area contributed by atoms with Crippen molar-refractivity contribution in [1.82, 2.24) is 15.5 Å². The molecule has 1 rings (SSSR count). The van der Waals surface area contributed by atoms with Crippen LogP contribution in [0.15, 0.2) is 0 Å². The van der Waals surface area contributed by atoms with Crippen LogP contribution in [0.1, 0.15) is 43.1 Å². The molecule has 1 unspecified atom stereocenters. The van der Waals surface area contributed by atoms with E-state index < -0.39 is 12.0 Å². The lowest BCUT2D eigenvalue weighted by Crippen LogP contribution is -2.41. The normalized spacial score (nSPS) is 12.2. The SMILES string of the molecule is CCCCC(NC(=O)Cc1c(C)n[nH]c1C)C(=O)O. The number of unbranched alkanes of at least 4 members (excludes halogenated alkanes) is 1. The lowest BCUT2D eigenvalue weighted by atomic mass is 10.1. The molecule has 0 fully saturated rings. The van der Waals surface area contributed by atoms with Crippen molar-refractivity contribution >= 4 is 11.9 Å². The van der Waals surface area contributed by atoms with E-state index in [1.165, 1.54) is 0 Å². The van der Waals surface area contributed by atoms with E-state index in [0.717, 1.165) is 29.8 Å². The number of aromatic amines is 1. The largest absolute Gasteiger partial charge is 0.480 e. The van der Waals surface area contributed by atoms with Crippen molar-refractivity contribution in [2.75, 3.05) is 0 Å². The third-order valence-electron chi connectivity index (χ3n) is 3.10. The molecule has 0 aliphatic heterocycles. The number of hydrogen-bond acceptors (Lipinski definition) is 3. The number of aromatic nitrogens is 2. The lowest BCUT2D eigenvalue weighted by Gasteiger charge is -2.14. The van der Waals surface area contributed by atoms with E-state index in [0.29, 0.717) is 6.42 Å². The van der Waals surface area contributed by atoms with E-state index in [4.69, 9.17) is 5.11 Å². The van der Waals surface area contributed by atoms with Gasteiger partial charge >= 0.3 is 5.97 Å². The number of aliphatic carboxylic acids is 1. The van der Waals surface area contributed by atoms with E-state index >= 15 is 0 Å². The van der Waals surface area contributed by atoms with Gasteiger partial charge in [0.15, 0.2) is 0 Å². The standard InChI is InChI=1S/C13H21N3O3/c1-4-5-6-11(13(18)19)14-12(17)7-10-8(2)15-16-9(10)3/h11H,4-7H2,1-3H3,(H,14,17)(H,15,16)(H,18,19). The van der Waals surface area contributed by atoms with Crippen molar-refractivity contribution in [3.8, 4) is 0 Å². The summed E-state index contributed by atoms with van der Waals surface area (Å²) in [4.78, 5) is 22.9. The first-order chi connectivity index (χ1) is 8.95. The van der Waals surface area contributed by atoms with Crippen LogP contribution in [-0.4, -0.2) is 33.2 Å². The maximum Gasteiger partial charge on any atom is 0.326 e. The molecule has 106 valence electrons. The molecule has 0 saturated carbocycles. The maximum atomic E-state index is 11.9. The Labute approximate surface area is 112 Å². The molecule has 1 aromatic rings. The summed E-state index contributed by atoms with van der Waals surface area (Å²) in [5, 5.41) is 18.4. The van der Waals surface area contributed by atoms with Gasteiger partial charge in [0.2, 0.25) is 5.91 Å². The number of aryl methyl sites for hydroxylation is 2. The minimum atomic E-state index is -0.984. The van der Waals surface area contributed by atoms with Crippen LogP contribution in [0.25, 0.3) is 0 Å². The predicted molar refractivity (Wildman–Crippen MR) is 70.9 cm³/mol. The molecule has 6 heteroatoms. The van der Waals surface area contributed by atoms with Crippen LogP contribution in [-0.2, 0) is 16.0 Å². The molecule has 0 aliphatic rings. The first-order valence-corrected chi connectivity index (χ1v) is 6.48. The van der Waals surface area contributed by atoms with E-state index in [-0.39, 0.29) is 12.3 Å². The van der Waals surface area contributed by atoms with Crippen LogP contribution >= 0.6 is 0 Å². The Balaban J connectivity index is 2.60. The van der Waals surface area contributed by atoms with E-state index in [2.05, 4.69) is 15.5 Å². The Kier molecular flexibility index (Phi) is 5.54. The number of nitrogens with one attached hydrogen (secondary N) is 2. The molecule has 1 amide bonds. The number of hydrogen-bond donors (Lipinski definition) is 3. The zero-order valence-electron chi connectivity index (χ0n) is 11.6. The summed E-state index contributed by atoms with van der Waals surface area (Å²) in [5.74, 6) is -1.27. The average Bonchev–Trinajstić information content (AvgIpc) is 2.66. The summed E-state index contributed by atoms with van der Waals surface area (Å²) in [6.07, 6.45) is 2.30. The molecule has 6 nitrogen and oxygen atoms in total. The van der Waals surface area contributed by atoms with Crippen LogP contribution in [0.5, 0.6) is 0 Å². The molecule has 0 aromatic carbocycles. The van der Waals surface area contributed by atoms with Crippen molar-refractivity contribution in [3.05, 3.63) is 17.0 Å². The first kappa shape index (κ1) is 15.2. The lowest BCUT2D eigenvalue weighted by molar-refractivity contribution is -0.142. The smallest absolute Gasteiger partial charge is 0.326 e. The Bertz CT molecular complexity index is 434. The van der Waals surface area contributed by atoms with Gasteiger partial charge in [-0.2, -0.15) is 5.10 Å². The zero-order chi connectivity index (χ0) is 14.4. The van der Waals surface area contributed by atoms with Gasteiger partial charge in [-0.15, -0.1) is 0 Å². The van der Waals surface area contributed by atoms with Gasteiger partial charge in [-0.25, -0.2) is 4.79 Å². The first-order valence-electron chi connectivity index (χ1n) is 6.48. The Morgan fingerprint density at radius 1 is 1.42 bits per heavy atom. The van der Waals surface area contributed by atoms with Crippen LogP contribution in [0.4, 0.5) is 0 Å². The molecular weight excluding hydrogens is 246 g/mol. The number of amides is 1. The second-order valence-electron chi connectivity index (χ2n) is 4.69. The zero-order valence-corrected chi connectivity index (χ0v) is 11.6. The second-order valence-corrected chi connectivity index (χ2v) is 4.69. The number of carbonyl (C=O) groups excluding carboxylic acids is 1. The average molecular weight is 267 g/mol. The number of carbonyl (C=O) groups is 2. The summed E-state index contributed by atoms with van der Waals surface area (Å²) in [7, 11) is 0. The van der Waals surface area contributed by atoms with Gasteiger partial charge in [-0.1, -0.05) is 19.8 Å². The monoisotopic (exact) mass is 267 g/mol. The van der Waals surface area contributed by atoms with Gasteiger partial charge < -0.3 is 10.4 Å². The van der Waals surface area contributed by atoms with Crippen LogP contribution in [0, 0.1) is 13.8 Å². The van der Waals surface area contributed by atoms with Crippen molar-refractivity contribution in [1.29, 1.82) is 0 Å². The van der Waals surface area contributed by atoms with Crippen molar-refractivity contribution in [2.24, 2.45) is 0 Å². The van der Waals surface area contributed by atoms with Gasteiger partial charge in [0.05, 0.1) is 12.1 Å². The van der Waals surface area contributed by atoms with E-state index in [9.17, 15) is 9.59 Å². The minimum Gasteiger partial charge on any atom is -0.480 e. The van der Waals surface area contributed by atoms with Gasteiger partial charge in [0.1, 0.15) is 6.04 Å². The fourth-order valence-corrected chi connectivity index (χ4v) is 1.91. The third kappa shape index (κ3) is 4.39. The molecule has 19 heavy (non-hydrogen) atoms. The fourth-order valence-electron chi connectivity index (χ4n) is 1.91. The van der Waals surface area contributed by atoms with E-state index in [1.54, 1.807) is 0 Å². The van der Waals surface area contributed by atoms with Crippen molar-refractivity contribution in [2.45, 2.75) is 52.5 Å². The number of carboxylic acids is 1. The van der Waals surface area contributed by atoms with Gasteiger partial charge in [-0.3, -0.25) is 9.89 Å². The third-order valence-corrected chi connectivity index (χ3v) is 3.10. The molecule has 3 N–H and O–H groups in total. The fraction of sp³-hybridized carbons (Fsp3) is 0.615. The van der Waals surface area contributed by atoms with Crippen LogP contribution in [0.3, 0.4) is 0 Å². The highest BCUT2D eigenvalue weighted by atomic mass is 16.4. The minimum absolute atomic E-state index is 0.157. The summed E-state index contributed by atoms with van der Waals surface area (Å²) < 4.78 is 0. The quantitative estimate of drug-likeness (QED) is 0.694. The van der Waals surface area contributed by atoms with Crippen molar-refractivity contribution < 1.29 is 14.7 Å². The van der Waals surface area contributed by atoms with Gasteiger partial charge in [0.25, 0.3) is 0 Å². The summed E-state index contributed by atoms with van der Waals surface area (Å²) in [6.45, 7) is 5.64. The topological polar surface area (TPSA) is 95.1 Å². The maximum absolute atomic E-state index is 11.9. The molecular formula is C13H21N3O3. The Morgan fingerprint density at radius 3 is 2.58 bits per heavy atom. The molecule has 0 radical (unpaired) electrons. The second kappa shape index (κ2) is 6.92. The molecule has 0 spiro atoms. The predicted octanol–water partition coefficient (Wildman–Crippen LogP) is 1.33. The van der Waals surface area contributed by atoms with Crippen LogP contribution < -0.4 is 5.32 Å².